The highest BCUT2D eigenvalue weighted by Gasteiger charge is 2.39. The Kier molecular flexibility index (Phi) is 7.16. The molecule has 36 heavy (non-hydrogen) atoms. The van der Waals surface area contributed by atoms with Crippen LogP contribution in [0, 0.1) is 22.9 Å². The highest BCUT2D eigenvalue weighted by molar-refractivity contribution is 5.98. The van der Waals surface area contributed by atoms with Crippen LogP contribution in [0.3, 0.4) is 0 Å². The molecule has 0 aliphatic carbocycles. The molecule has 196 valence electrons. The number of fused-ring (bicyclic) bond motifs is 1. The summed E-state index contributed by atoms with van der Waals surface area (Å²) in [5.41, 5.74) is -0.383. The number of rotatable bonds is 4. The van der Waals surface area contributed by atoms with E-state index in [1.807, 2.05) is 32.7 Å². The number of nitrogens with one attached hydrogen (secondary N) is 1. The third-order valence-electron chi connectivity index (χ3n) is 6.74. The number of likely N-dealkylation sites (tertiary alicyclic amines) is 1. The van der Waals surface area contributed by atoms with Gasteiger partial charge in [-0.25, -0.2) is 18.2 Å². The van der Waals surface area contributed by atoms with E-state index >= 15 is 0 Å². The molecule has 2 N–H and O–H groups in total. The smallest absolute Gasteiger partial charge is 0.272 e. The van der Waals surface area contributed by atoms with Gasteiger partial charge in [0.2, 0.25) is 5.91 Å². The Labute approximate surface area is 208 Å². The van der Waals surface area contributed by atoms with E-state index in [1.165, 1.54) is 4.90 Å². The minimum atomic E-state index is -1.31. The number of hydrogen-bond donors (Lipinski definition) is 2. The topological polar surface area (TPSA) is 90.7 Å². The minimum Gasteiger partial charge on any atom is -0.391 e. The molecule has 11 heteroatoms. The van der Waals surface area contributed by atoms with Crippen molar-refractivity contribution in [3.05, 3.63) is 41.0 Å². The predicted octanol–water partition coefficient (Wildman–Crippen LogP) is 2.54. The van der Waals surface area contributed by atoms with Gasteiger partial charge in [-0.3, -0.25) is 9.59 Å². The van der Waals surface area contributed by atoms with Gasteiger partial charge >= 0.3 is 0 Å². The zero-order valence-electron chi connectivity index (χ0n) is 20.9. The van der Waals surface area contributed by atoms with Gasteiger partial charge in [0.05, 0.1) is 17.4 Å². The summed E-state index contributed by atoms with van der Waals surface area (Å²) >= 11 is 0. The number of amides is 2. The molecule has 2 atom stereocenters. The number of aliphatic hydroxyl groups is 1. The lowest BCUT2D eigenvalue weighted by molar-refractivity contribution is -0.135. The van der Waals surface area contributed by atoms with Gasteiger partial charge < -0.3 is 24.8 Å². The van der Waals surface area contributed by atoms with E-state index in [9.17, 15) is 27.9 Å². The van der Waals surface area contributed by atoms with Gasteiger partial charge in [0.1, 0.15) is 17.7 Å². The molecule has 0 radical (unpaired) electrons. The Balaban J connectivity index is 1.74. The molecule has 1 aromatic carbocycles. The van der Waals surface area contributed by atoms with Gasteiger partial charge in [0, 0.05) is 32.2 Å². The van der Waals surface area contributed by atoms with Crippen molar-refractivity contribution in [1.29, 1.82) is 0 Å². The van der Waals surface area contributed by atoms with Crippen LogP contribution in [0.1, 0.15) is 49.8 Å². The average Bonchev–Trinajstić information content (AvgIpc) is 3.31. The third kappa shape index (κ3) is 5.12. The van der Waals surface area contributed by atoms with Crippen LogP contribution < -0.4 is 5.32 Å². The summed E-state index contributed by atoms with van der Waals surface area (Å²) in [7, 11) is 1.88. The summed E-state index contributed by atoms with van der Waals surface area (Å²) < 4.78 is 44.0. The van der Waals surface area contributed by atoms with E-state index in [2.05, 4.69) is 10.3 Å². The number of aromatic nitrogens is 2. The van der Waals surface area contributed by atoms with Crippen LogP contribution in [-0.4, -0.2) is 75.1 Å². The Hall–Kier alpha value is -2.92. The highest BCUT2D eigenvalue weighted by Crippen LogP contribution is 2.30. The number of nitrogens with zero attached hydrogens (tertiary/aromatic N) is 4. The van der Waals surface area contributed by atoms with Crippen molar-refractivity contribution in [2.24, 2.45) is 5.41 Å². The van der Waals surface area contributed by atoms with Crippen molar-refractivity contribution in [3.8, 4) is 11.4 Å². The number of aliphatic hydroxyl groups excluding tert-OH is 1. The molecule has 1 fully saturated rings. The number of β-amino-alcohol motifs (C(OH)–C–C–N with tert-alkyl or cyclic N) is 1. The molecule has 3 heterocycles. The molecule has 1 saturated heterocycles. The van der Waals surface area contributed by atoms with Crippen LogP contribution in [0.2, 0.25) is 0 Å². The normalized spacial score (nSPS) is 19.7. The molecule has 0 spiro atoms. The average molecular weight is 508 g/mol. The fourth-order valence-corrected chi connectivity index (χ4v) is 4.78. The summed E-state index contributed by atoms with van der Waals surface area (Å²) in [6.45, 7) is 7.51. The molecule has 4 rings (SSSR count). The summed E-state index contributed by atoms with van der Waals surface area (Å²) in [6, 6.07) is 0.310. The molecule has 2 aromatic rings. The number of benzene rings is 1. The Morgan fingerprint density at radius 1 is 1.11 bits per heavy atom. The first-order chi connectivity index (χ1) is 16.9. The van der Waals surface area contributed by atoms with Crippen molar-refractivity contribution in [3.63, 3.8) is 0 Å². The lowest BCUT2D eigenvalue weighted by Crippen LogP contribution is -2.54. The fraction of sp³-hybridized carbons (Fsp3) is 0.560. The second kappa shape index (κ2) is 9.85. The van der Waals surface area contributed by atoms with Gasteiger partial charge in [-0.1, -0.05) is 20.8 Å². The van der Waals surface area contributed by atoms with E-state index < -0.39 is 40.9 Å². The summed E-state index contributed by atoms with van der Waals surface area (Å²) in [4.78, 5) is 34.8. The van der Waals surface area contributed by atoms with Gasteiger partial charge in [-0.05, 0) is 37.9 Å². The quantitative estimate of drug-likeness (QED) is 0.621. The van der Waals surface area contributed by atoms with Crippen molar-refractivity contribution in [2.45, 2.75) is 58.8 Å². The van der Waals surface area contributed by atoms with E-state index in [0.29, 0.717) is 50.8 Å². The van der Waals surface area contributed by atoms with E-state index in [0.717, 1.165) is 6.07 Å². The molecule has 8 nitrogen and oxygen atoms in total. The van der Waals surface area contributed by atoms with E-state index in [4.69, 9.17) is 0 Å². The van der Waals surface area contributed by atoms with Crippen LogP contribution in [0.15, 0.2) is 12.1 Å². The monoisotopic (exact) mass is 507 g/mol. The zero-order chi connectivity index (χ0) is 26.4. The third-order valence-corrected chi connectivity index (χ3v) is 6.74. The molecule has 0 bridgehead atoms. The van der Waals surface area contributed by atoms with Crippen LogP contribution in [0.5, 0.6) is 0 Å². The highest BCUT2D eigenvalue weighted by atomic mass is 19.2. The van der Waals surface area contributed by atoms with Gasteiger partial charge in [-0.15, -0.1) is 0 Å². The number of carbonyl (C=O) groups is 2. The Bertz CT molecular complexity index is 1180. The van der Waals surface area contributed by atoms with E-state index in [1.54, 1.807) is 4.57 Å². The minimum absolute atomic E-state index is 0.00592. The lowest BCUT2D eigenvalue weighted by Gasteiger charge is -2.33. The van der Waals surface area contributed by atoms with Crippen LogP contribution >= 0.6 is 0 Å². The first-order valence-electron chi connectivity index (χ1n) is 12.1. The van der Waals surface area contributed by atoms with Crippen molar-refractivity contribution < 1.29 is 27.9 Å². The SMILES string of the molecule is CN1CCCn2c(-c3cc(F)c(F)cc3F)nc(C(=O)N[C@H](C(=O)N3CC[C@H](O)C3)C(C)(C)C)c2C1. The second-order valence-corrected chi connectivity index (χ2v) is 10.7. The van der Waals surface area contributed by atoms with Gasteiger partial charge in [0.15, 0.2) is 17.3 Å². The Morgan fingerprint density at radius 2 is 1.81 bits per heavy atom. The maximum Gasteiger partial charge on any atom is 0.272 e. The molecule has 2 aliphatic rings. The standard InChI is InChI=1S/C25H32F3N5O3/c1-25(2,3)21(24(36)32-9-6-14(34)12-32)30-23(35)20-19-13-31(4)7-5-8-33(19)22(29-20)15-10-17(27)18(28)11-16(15)26/h10-11,14,21,34H,5-9,12-13H2,1-4H3,(H,30,35)/t14-,21+/m0/s1. The molecule has 0 saturated carbocycles. The Morgan fingerprint density at radius 3 is 2.44 bits per heavy atom. The lowest BCUT2D eigenvalue weighted by atomic mass is 9.85. The maximum absolute atomic E-state index is 14.7. The number of imidazole rings is 1. The maximum atomic E-state index is 14.7. The zero-order valence-corrected chi connectivity index (χ0v) is 20.9. The van der Waals surface area contributed by atoms with Gasteiger partial charge in [-0.2, -0.15) is 0 Å². The summed E-state index contributed by atoms with van der Waals surface area (Å²) in [5.74, 6) is -4.40. The fourth-order valence-electron chi connectivity index (χ4n) is 4.78. The molecule has 2 amide bonds. The van der Waals surface area contributed by atoms with Crippen LogP contribution in [0.25, 0.3) is 11.4 Å². The second-order valence-electron chi connectivity index (χ2n) is 10.7. The van der Waals surface area contributed by atoms with Crippen molar-refractivity contribution in [1.82, 2.24) is 24.7 Å². The molecule has 1 aromatic heterocycles. The molecule has 2 aliphatic heterocycles. The largest absolute Gasteiger partial charge is 0.391 e. The number of halogens is 3. The predicted molar refractivity (Wildman–Crippen MR) is 126 cm³/mol. The van der Waals surface area contributed by atoms with Crippen molar-refractivity contribution in [2.75, 3.05) is 26.7 Å². The number of carbonyl (C=O) groups excluding carboxylic acids is 2. The summed E-state index contributed by atoms with van der Waals surface area (Å²) in [5, 5.41) is 12.7. The van der Waals surface area contributed by atoms with Crippen LogP contribution in [-0.2, 0) is 17.9 Å². The number of hydrogen-bond acceptors (Lipinski definition) is 5. The van der Waals surface area contributed by atoms with Crippen LogP contribution in [0.4, 0.5) is 13.2 Å². The first-order valence-corrected chi connectivity index (χ1v) is 12.1. The molecular weight excluding hydrogens is 475 g/mol. The molecular formula is C25H32F3N5O3. The van der Waals surface area contributed by atoms with Crippen molar-refractivity contribution >= 4 is 11.8 Å². The summed E-state index contributed by atoms with van der Waals surface area (Å²) in [6.07, 6.45) is 0.554. The van der Waals surface area contributed by atoms with E-state index in [-0.39, 0.29) is 29.5 Å². The molecule has 0 unspecified atom stereocenters. The van der Waals surface area contributed by atoms with Gasteiger partial charge in [0.25, 0.3) is 5.91 Å². The first kappa shape index (κ1) is 26.2.